The van der Waals surface area contributed by atoms with Crippen LogP contribution in [0, 0.1) is 6.92 Å². The number of carbonyl (C=O) groups is 1. The summed E-state index contributed by atoms with van der Waals surface area (Å²) in [5.41, 5.74) is 1.86. The molecule has 2 rings (SSSR count). The van der Waals surface area contributed by atoms with Gasteiger partial charge in [0.25, 0.3) is 0 Å². The van der Waals surface area contributed by atoms with E-state index >= 15 is 0 Å². The second kappa shape index (κ2) is 4.91. The third-order valence-corrected chi connectivity index (χ3v) is 2.63. The number of hydrogen-bond donors (Lipinski definition) is 1. The van der Waals surface area contributed by atoms with Crippen molar-refractivity contribution in [2.45, 2.75) is 13.5 Å². The van der Waals surface area contributed by atoms with Gasteiger partial charge in [0.05, 0.1) is 6.20 Å². The topological polar surface area (TPSA) is 64.4 Å². The fourth-order valence-electron chi connectivity index (χ4n) is 1.66. The van der Waals surface area contributed by atoms with Gasteiger partial charge >= 0.3 is 5.97 Å². The Morgan fingerprint density at radius 3 is 2.67 bits per heavy atom. The Morgan fingerprint density at radius 2 is 2.06 bits per heavy atom. The van der Waals surface area contributed by atoms with Crippen LogP contribution in [-0.2, 0) is 13.7 Å². The summed E-state index contributed by atoms with van der Waals surface area (Å²) in [4.78, 5) is 11.0. The number of carboxylic acid groups (broad SMARTS) is 1. The molecule has 0 aliphatic carbocycles. The van der Waals surface area contributed by atoms with Crippen molar-refractivity contribution in [2.75, 3.05) is 0 Å². The van der Waals surface area contributed by atoms with Gasteiger partial charge in [-0.25, -0.2) is 4.79 Å². The number of aromatic carboxylic acids is 1. The van der Waals surface area contributed by atoms with Crippen LogP contribution < -0.4 is 4.74 Å². The number of rotatable bonds is 4. The van der Waals surface area contributed by atoms with Crippen molar-refractivity contribution in [2.24, 2.45) is 7.05 Å². The van der Waals surface area contributed by atoms with Gasteiger partial charge in [0.2, 0.25) is 0 Å². The Bertz CT molecular complexity index is 558. The quantitative estimate of drug-likeness (QED) is 0.896. The number of benzene rings is 1. The molecule has 0 aliphatic heterocycles. The molecule has 0 saturated carbocycles. The molecule has 2 aromatic rings. The Morgan fingerprint density at radius 1 is 1.39 bits per heavy atom. The van der Waals surface area contributed by atoms with Gasteiger partial charge in [-0.05, 0) is 19.1 Å². The van der Waals surface area contributed by atoms with E-state index in [0.717, 1.165) is 5.56 Å². The van der Waals surface area contributed by atoms with E-state index in [9.17, 15) is 4.79 Å². The van der Waals surface area contributed by atoms with E-state index in [1.165, 1.54) is 10.9 Å². The smallest absolute Gasteiger partial charge is 0.354 e. The van der Waals surface area contributed by atoms with Crippen LogP contribution in [0.3, 0.4) is 0 Å². The van der Waals surface area contributed by atoms with E-state index in [-0.39, 0.29) is 12.3 Å². The summed E-state index contributed by atoms with van der Waals surface area (Å²) in [6, 6.07) is 7.59. The molecular formula is C13H14N2O3. The Kier molecular flexibility index (Phi) is 3.32. The van der Waals surface area contributed by atoms with Crippen LogP contribution in [0.5, 0.6) is 5.75 Å². The summed E-state index contributed by atoms with van der Waals surface area (Å²) in [5.74, 6) is -0.293. The molecule has 0 spiro atoms. The van der Waals surface area contributed by atoms with Crippen molar-refractivity contribution in [3.63, 3.8) is 0 Å². The number of aromatic nitrogens is 2. The summed E-state index contributed by atoms with van der Waals surface area (Å²) in [6.07, 6.45) is 1.51. The predicted octanol–water partition coefficient (Wildman–Crippen LogP) is 2.01. The van der Waals surface area contributed by atoms with Crippen LogP contribution in [-0.4, -0.2) is 20.9 Å². The van der Waals surface area contributed by atoms with Gasteiger partial charge < -0.3 is 9.84 Å². The first-order chi connectivity index (χ1) is 8.58. The van der Waals surface area contributed by atoms with Gasteiger partial charge in [-0.15, -0.1) is 0 Å². The predicted molar refractivity (Wildman–Crippen MR) is 65.7 cm³/mol. The van der Waals surface area contributed by atoms with Gasteiger partial charge in [-0.3, -0.25) is 4.68 Å². The van der Waals surface area contributed by atoms with Crippen LogP contribution in [0.25, 0.3) is 0 Å². The minimum Gasteiger partial charge on any atom is -0.489 e. The maximum absolute atomic E-state index is 11.0. The van der Waals surface area contributed by atoms with E-state index in [1.807, 2.05) is 31.2 Å². The molecule has 94 valence electrons. The van der Waals surface area contributed by atoms with Crippen LogP contribution in [0.15, 0.2) is 30.5 Å². The minimum atomic E-state index is -1.00. The second-order valence-corrected chi connectivity index (χ2v) is 4.05. The summed E-state index contributed by atoms with van der Waals surface area (Å²) in [6.45, 7) is 2.19. The van der Waals surface area contributed by atoms with Crippen molar-refractivity contribution >= 4 is 5.97 Å². The number of nitrogens with zero attached hydrogens (tertiary/aromatic N) is 2. The molecule has 0 aliphatic rings. The molecule has 0 amide bonds. The molecule has 5 nitrogen and oxygen atoms in total. The monoisotopic (exact) mass is 246 g/mol. The van der Waals surface area contributed by atoms with Crippen molar-refractivity contribution < 1.29 is 14.6 Å². The van der Waals surface area contributed by atoms with Crippen molar-refractivity contribution in [3.8, 4) is 5.75 Å². The molecule has 1 aromatic carbocycles. The Balaban J connectivity index is 2.11. The van der Waals surface area contributed by atoms with E-state index in [1.54, 1.807) is 7.05 Å². The van der Waals surface area contributed by atoms with Crippen molar-refractivity contribution in [1.29, 1.82) is 0 Å². The van der Waals surface area contributed by atoms with Crippen LogP contribution in [0.1, 0.15) is 21.6 Å². The zero-order chi connectivity index (χ0) is 13.1. The van der Waals surface area contributed by atoms with E-state index in [4.69, 9.17) is 9.84 Å². The average Bonchev–Trinajstić information content (AvgIpc) is 2.70. The molecule has 0 fully saturated rings. The van der Waals surface area contributed by atoms with Gasteiger partial charge in [0.1, 0.15) is 12.4 Å². The lowest BCUT2D eigenvalue weighted by atomic mass is 10.2. The highest BCUT2D eigenvalue weighted by atomic mass is 16.5. The average molecular weight is 246 g/mol. The highest BCUT2D eigenvalue weighted by Gasteiger charge is 2.15. The zero-order valence-corrected chi connectivity index (χ0v) is 10.3. The lowest BCUT2D eigenvalue weighted by Gasteiger charge is -2.06. The number of hydrogen-bond acceptors (Lipinski definition) is 3. The summed E-state index contributed by atoms with van der Waals surface area (Å²) < 4.78 is 6.86. The number of aryl methyl sites for hydroxylation is 2. The second-order valence-electron chi connectivity index (χ2n) is 4.05. The van der Waals surface area contributed by atoms with Crippen LogP contribution in [0.4, 0.5) is 0 Å². The molecule has 0 unspecified atom stereocenters. The molecule has 0 radical (unpaired) electrons. The molecule has 18 heavy (non-hydrogen) atoms. The molecule has 5 heteroatoms. The van der Waals surface area contributed by atoms with Gasteiger partial charge in [-0.2, -0.15) is 5.10 Å². The lowest BCUT2D eigenvalue weighted by Crippen LogP contribution is -2.09. The highest BCUT2D eigenvalue weighted by Crippen LogP contribution is 2.15. The molecule has 0 atom stereocenters. The van der Waals surface area contributed by atoms with Gasteiger partial charge in [0, 0.05) is 12.6 Å². The normalized spacial score (nSPS) is 10.3. The molecular weight excluding hydrogens is 232 g/mol. The third kappa shape index (κ3) is 2.51. The first-order valence-electron chi connectivity index (χ1n) is 5.51. The van der Waals surface area contributed by atoms with E-state index in [0.29, 0.717) is 11.3 Å². The van der Waals surface area contributed by atoms with Crippen LogP contribution >= 0.6 is 0 Å². The molecule has 0 bridgehead atoms. The largest absolute Gasteiger partial charge is 0.489 e. The third-order valence-electron chi connectivity index (χ3n) is 2.63. The van der Waals surface area contributed by atoms with Crippen LogP contribution in [0.2, 0.25) is 0 Å². The first-order valence-corrected chi connectivity index (χ1v) is 5.51. The Labute approximate surface area is 105 Å². The SMILES string of the molecule is Cc1ccc(OCc2cnn(C)c2C(=O)O)cc1. The fraction of sp³-hybridized carbons (Fsp3) is 0.231. The molecule has 1 N–H and O–H groups in total. The molecule has 0 saturated heterocycles. The Hall–Kier alpha value is -2.30. The summed E-state index contributed by atoms with van der Waals surface area (Å²) >= 11 is 0. The molecule has 1 heterocycles. The maximum atomic E-state index is 11.0. The van der Waals surface area contributed by atoms with Gasteiger partial charge in [-0.1, -0.05) is 17.7 Å². The highest BCUT2D eigenvalue weighted by molar-refractivity contribution is 5.87. The fourth-order valence-corrected chi connectivity index (χ4v) is 1.66. The maximum Gasteiger partial charge on any atom is 0.354 e. The number of carboxylic acids is 1. The van der Waals surface area contributed by atoms with E-state index in [2.05, 4.69) is 5.10 Å². The standard InChI is InChI=1S/C13H14N2O3/c1-9-3-5-11(6-4-9)18-8-10-7-14-15(2)12(10)13(16)17/h3-7H,8H2,1-2H3,(H,16,17). The van der Waals surface area contributed by atoms with E-state index < -0.39 is 5.97 Å². The summed E-state index contributed by atoms with van der Waals surface area (Å²) in [7, 11) is 1.60. The van der Waals surface area contributed by atoms with Crippen molar-refractivity contribution in [1.82, 2.24) is 9.78 Å². The lowest BCUT2D eigenvalue weighted by molar-refractivity contribution is 0.0682. The van der Waals surface area contributed by atoms with Crippen molar-refractivity contribution in [3.05, 3.63) is 47.3 Å². The minimum absolute atomic E-state index is 0.155. The summed E-state index contributed by atoms with van der Waals surface area (Å²) in [5, 5.41) is 13.0. The first kappa shape index (κ1) is 12.2. The molecule has 1 aromatic heterocycles. The van der Waals surface area contributed by atoms with Gasteiger partial charge in [0.15, 0.2) is 5.69 Å². The number of ether oxygens (including phenoxy) is 1. The zero-order valence-electron chi connectivity index (χ0n) is 10.3.